The molecule has 0 aromatic rings. The van der Waals surface area contributed by atoms with Crippen LogP contribution in [0.3, 0.4) is 0 Å². The van der Waals surface area contributed by atoms with Crippen molar-refractivity contribution in [1.82, 2.24) is 15.5 Å². The van der Waals surface area contributed by atoms with E-state index in [-0.39, 0.29) is 6.04 Å². The number of likely N-dealkylation sites (tertiary alicyclic amines) is 1. The number of guanidine groups is 1. The van der Waals surface area contributed by atoms with E-state index in [9.17, 15) is 13.2 Å². The van der Waals surface area contributed by atoms with Gasteiger partial charge in [0.15, 0.2) is 5.96 Å². The Morgan fingerprint density at radius 1 is 1.35 bits per heavy atom. The lowest BCUT2D eigenvalue weighted by Gasteiger charge is -2.20. The molecule has 1 aliphatic carbocycles. The second kappa shape index (κ2) is 6.20. The van der Waals surface area contributed by atoms with Gasteiger partial charge in [0, 0.05) is 31.7 Å². The molecule has 0 bridgehead atoms. The first-order valence-corrected chi connectivity index (χ1v) is 7.24. The number of nitrogens with zero attached hydrogens (tertiary/aromatic N) is 2. The summed E-state index contributed by atoms with van der Waals surface area (Å²) in [7, 11) is 0. The smallest absolute Gasteiger partial charge is 0.353 e. The molecule has 0 spiro atoms. The van der Waals surface area contributed by atoms with Crippen LogP contribution < -0.4 is 10.6 Å². The van der Waals surface area contributed by atoms with E-state index in [1.165, 1.54) is 4.90 Å². The van der Waals surface area contributed by atoms with Crippen LogP contribution in [0.25, 0.3) is 0 Å². The predicted molar refractivity (Wildman–Crippen MR) is 72.7 cm³/mol. The summed E-state index contributed by atoms with van der Waals surface area (Å²) in [5.74, 6) is 1.39. The molecule has 2 aliphatic rings. The summed E-state index contributed by atoms with van der Waals surface area (Å²) in [6, 6.07) is 0.504. The predicted octanol–water partition coefficient (Wildman–Crippen LogP) is 1.59. The maximum absolute atomic E-state index is 12.3. The fourth-order valence-electron chi connectivity index (χ4n) is 2.53. The molecular formula is C13H23F3N4. The van der Waals surface area contributed by atoms with Crippen LogP contribution in [0.5, 0.6) is 0 Å². The standard InChI is InChI=1S/C13H23F3N4/c1-3-17-12(19-11-6-9(11)2)18-10-4-5-20(7-10)8-13(14,15)16/h9-11H,3-8H2,1-2H3,(H2,17,18,19). The highest BCUT2D eigenvalue weighted by atomic mass is 19.4. The lowest BCUT2D eigenvalue weighted by Crippen LogP contribution is -2.46. The van der Waals surface area contributed by atoms with Gasteiger partial charge < -0.3 is 10.6 Å². The van der Waals surface area contributed by atoms with Crippen LogP contribution in [0.2, 0.25) is 0 Å². The lowest BCUT2D eigenvalue weighted by atomic mass is 10.3. The topological polar surface area (TPSA) is 39.7 Å². The molecule has 20 heavy (non-hydrogen) atoms. The Bertz CT molecular complexity index is 356. The van der Waals surface area contributed by atoms with Crippen molar-refractivity contribution in [3.63, 3.8) is 0 Å². The van der Waals surface area contributed by atoms with E-state index in [1.54, 1.807) is 0 Å². The van der Waals surface area contributed by atoms with Gasteiger partial charge in [-0.1, -0.05) is 6.92 Å². The number of hydrogen-bond donors (Lipinski definition) is 2. The van der Waals surface area contributed by atoms with Gasteiger partial charge in [-0.2, -0.15) is 13.2 Å². The van der Waals surface area contributed by atoms with E-state index in [4.69, 9.17) is 0 Å². The lowest BCUT2D eigenvalue weighted by molar-refractivity contribution is -0.143. The van der Waals surface area contributed by atoms with Crippen molar-refractivity contribution in [2.45, 2.75) is 44.9 Å². The maximum Gasteiger partial charge on any atom is 0.401 e. The molecule has 1 saturated carbocycles. The monoisotopic (exact) mass is 292 g/mol. The van der Waals surface area contributed by atoms with Gasteiger partial charge in [-0.05, 0) is 25.7 Å². The third kappa shape index (κ3) is 4.85. The molecule has 3 unspecified atom stereocenters. The third-order valence-electron chi connectivity index (χ3n) is 3.76. The van der Waals surface area contributed by atoms with Crippen LogP contribution in [0.15, 0.2) is 4.99 Å². The minimum absolute atomic E-state index is 0.0456. The van der Waals surface area contributed by atoms with Gasteiger partial charge >= 0.3 is 6.18 Å². The second-order valence-corrected chi connectivity index (χ2v) is 5.77. The molecule has 1 aliphatic heterocycles. The van der Waals surface area contributed by atoms with Crippen molar-refractivity contribution in [1.29, 1.82) is 0 Å². The Morgan fingerprint density at radius 2 is 2.05 bits per heavy atom. The molecule has 4 nitrogen and oxygen atoms in total. The van der Waals surface area contributed by atoms with E-state index >= 15 is 0 Å². The Kier molecular flexibility index (Phi) is 4.78. The Balaban J connectivity index is 1.78. The van der Waals surface area contributed by atoms with Gasteiger partial charge in [-0.15, -0.1) is 0 Å². The van der Waals surface area contributed by atoms with Gasteiger partial charge in [0.1, 0.15) is 0 Å². The largest absolute Gasteiger partial charge is 0.401 e. The van der Waals surface area contributed by atoms with Crippen LogP contribution >= 0.6 is 0 Å². The molecular weight excluding hydrogens is 269 g/mol. The van der Waals surface area contributed by atoms with E-state index in [0.29, 0.717) is 31.6 Å². The summed E-state index contributed by atoms with van der Waals surface area (Å²) in [5, 5.41) is 6.58. The molecule has 2 fully saturated rings. The van der Waals surface area contributed by atoms with E-state index in [0.717, 1.165) is 18.8 Å². The van der Waals surface area contributed by atoms with Crippen molar-refractivity contribution < 1.29 is 13.2 Å². The van der Waals surface area contributed by atoms with Crippen LogP contribution in [0.4, 0.5) is 13.2 Å². The van der Waals surface area contributed by atoms with Crippen molar-refractivity contribution >= 4 is 5.96 Å². The van der Waals surface area contributed by atoms with Crippen molar-refractivity contribution in [3.8, 4) is 0 Å². The van der Waals surface area contributed by atoms with E-state index < -0.39 is 12.7 Å². The van der Waals surface area contributed by atoms with E-state index in [1.807, 2.05) is 6.92 Å². The molecule has 0 aromatic carbocycles. The molecule has 2 rings (SSSR count). The number of nitrogens with one attached hydrogen (secondary N) is 2. The fraction of sp³-hybridized carbons (Fsp3) is 0.923. The number of aliphatic imine (C=N–C) groups is 1. The van der Waals surface area contributed by atoms with Crippen molar-refractivity contribution in [2.75, 3.05) is 26.2 Å². The van der Waals surface area contributed by atoms with Crippen molar-refractivity contribution in [3.05, 3.63) is 0 Å². The Labute approximate surface area is 117 Å². The number of hydrogen-bond acceptors (Lipinski definition) is 2. The van der Waals surface area contributed by atoms with Crippen molar-refractivity contribution in [2.24, 2.45) is 10.9 Å². The maximum atomic E-state index is 12.3. The minimum Gasteiger partial charge on any atom is -0.353 e. The normalized spacial score (nSPS) is 31.4. The van der Waals surface area contributed by atoms with Gasteiger partial charge in [0.05, 0.1) is 6.54 Å². The average molecular weight is 292 g/mol. The molecule has 0 amide bonds. The third-order valence-corrected chi connectivity index (χ3v) is 3.76. The Hall–Kier alpha value is -0.980. The molecule has 116 valence electrons. The van der Waals surface area contributed by atoms with Crippen LogP contribution in [0, 0.1) is 5.92 Å². The summed E-state index contributed by atoms with van der Waals surface area (Å²) in [4.78, 5) is 5.80. The zero-order chi connectivity index (χ0) is 14.8. The second-order valence-electron chi connectivity index (χ2n) is 5.77. The van der Waals surface area contributed by atoms with Gasteiger partial charge in [0.2, 0.25) is 0 Å². The molecule has 1 heterocycles. The highest BCUT2D eigenvalue weighted by Crippen LogP contribution is 2.28. The van der Waals surface area contributed by atoms with Crippen LogP contribution in [0.1, 0.15) is 26.7 Å². The molecule has 7 heteroatoms. The number of rotatable bonds is 4. The molecule has 0 aromatic heterocycles. The Morgan fingerprint density at radius 3 is 2.60 bits per heavy atom. The highest BCUT2D eigenvalue weighted by molar-refractivity contribution is 5.80. The quantitative estimate of drug-likeness (QED) is 0.610. The van der Waals surface area contributed by atoms with Crippen LogP contribution in [-0.4, -0.2) is 55.3 Å². The number of alkyl halides is 3. The van der Waals surface area contributed by atoms with Gasteiger partial charge in [0.25, 0.3) is 0 Å². The highest BCUT2D eigenvalue weighted by Gasteiger charge is 2.36. The van der Waals surface area contributed by atoms with E-state index in [2.05, 4.69) is 22.5 Å². The fourth-order valence-corrected chi connectivity index (χ4v) is 2.53. The van der Waals surface area contributed by atoms with Crippen LogP contribution in [-0.2, 0) is 0 Å². The first-order valence-electron chi connectivity index (χ1n) is 7.24. The summed E-state index contributed by atoms with van der Waals surface area (Å²) in [6.07, 6.45) is -2.26. The molecule has 3 atom stereocenters. The molecule has 0 radical (unpaired) electrons. The van der Waals surface area contributed by atoms with Gasteiger partial charge in [-0.3, -0.25) is 9.89 Å². The minimum atomic E-state index is -4.11. The van der Waals surface area contributed by atoms with Gasteiger partial charge in [-0.25, -0.2) is 0 Å². The zero-order valence-electron chi connectivity index (χ0n) is 12.0. The summed E-state index contributed by atoms with van der Waals surface area (Å²) >= 11 is 0. The summed E-state index contributed by atoms with van der Waals surface area (Å²) in [5.41, 5.74) is 0. The molecule has 2 N–H and O–H groups in total. The number of halogens is 3. The molecule has 1 saturated heterocycles. The first-order chi connectivity index (χ1) is 9.37. The average Bonchev–Trinajstić information content (AvgIpc) is 2.82. The zero-order valence-corrected chi connectivity index (χ0v) is 12.0. The summed E-state index contributed by atoms with van der Waals surface area (Å²) < 4.78 is 37.0. The summed E-state index contributed by atoms with van der Waals surface area (Å²) in [6.45, 7) is 4.86. The first kappa shape index (κ1) is 15.4. The SMILES string of the molecule is CCN=C(NC1CCN(CC(F)(F)F)C1)NC1CC1C.